The minimum Gasteiger partial charge on any atom is -0.328 e. The van der Waals surface area contributed by atoms with E-state index in [-0.39, 0.29) is 0 Å². The fourth-order valence-electron chi connectivity index (χ4n) is 0.807. The van der Waals surface area contributed by atoms with Gasteiger partial charge >= 0.3 is 0 Å². The topological polar surface area (TPSA) is 24.4 Å². The highest BCUT2D eigenvalue weighted by atomic mass is 32.2. The van der Waals surface area contributed by atoms with E-state index in [0.717, 1.165) is 16.4 Å². The summed E-state index contributed by atoms with van der Waals surface area (Å²) in [5, 5.41) is 3.17. The van der Waals surface area contributed by atoms with Crippen molar-refractivity contribution in [1.82, 2.24) is 4.72 Å². The molecular weight excluding hydrogens is 176 g/mol. The Labute approximate surface area is 74.4 Å². The number of aliphatic imine (C=N–C) groups is 1. The van der Waals surface area contributed by atoms with Crippen LogP contribution in [0.25, 0.3) is 0 Å². The first-order valence-corrected chi connectivity index (χ1v) is 5.19. The molecule has 0 fully saturated rings. The average Bonchev–Trinajstić information content (AvgIpc) is 2.58. The lowest BCUT2D eigenvalue weighted by molar-refractivity contribution is 1.21. The normalized spacial score (nSPS) is 22.5. The predicted octanol–water partition coefficient (Wildman–Crippen LogP) is 1.82. The summed E-state index contributed by atoms with van der Waals surface area (Å²) in [7, 11) is 0. The number of thioether (sulfide) groups is 1. The largest absolute Gasteiger partial charge is 0.328 e. The Morgan fingerprint density at radius 1 is 1.64 bits per heavy atom. The molecule has 2 rings (SSSR count). The molecule has 0 saturated heterocycles. The van der Waals surface area contributed by atoms with E-state index < -0.39 is 0 Å². The van der Waals surface area contributed by atoms with E-state index in [1.165, 1.54) is 0 Å². The van der Waals surface area contributed by atoms with E-state index in [4.69, 9.17) is 0 Å². The molecule has 56 valence electrons. The zero-order valence-corrected chi connectivity index (χ0v) is 7.34. The van der Waals surface area contributed by atoms with Crippen LogP contribution in [0.1, 0.15) is 0 Å². The molecular formula is C7H6N2S2. The van der Waals surface area contributed by atoms with Gasteiger partial charge in [-0.1, -0.05) is 0 Å². The summed E-state index contributed by atoms with van der Waals surface area (Å²) >= 11 is 3.49. The van der Waals surface area contributed by atoms with Crippen molar-refractivity contribution in [3.63, 3.8) is 0 Å². The highest BCUT2D eigenvalue weighted by Crippen LogP contribution is 2.26. The van der Waals surface area contributed by atoms with E-state index in [2.05, 4.69) is 21.7 Å². The van der Waals surface area contributed by atoms with Gasteiger partial charge in [0.2, 0.25) is 0 Å². The van der Waals surface area contributed by atoms with Crippen LogP contribution in [0.4, 0.5) is 0 Å². The molecule has 2 radical (unpaired) electrons. The average molecular weight is 182 g/mol. The minimum absolute atomic E-state index is 1.05. The second-order valence-corrected chi connectivity index (χ2v) is 4.04. The van der Waals surface area contributed by atoms with Crippen molar-refractivity contribution in [3.8, 4) is 0 Å². The van der Waals surface area contributed by atoms with E-state index in [1.54, 1.807) is 29.9 Å². The van der Waals surface area contributed by atoms with E-state index >= 15 is 0 Å². The van der Waals surface area contributed by atoms with Gasteiger partial charge in [0.15, 0.2) is 6.54 Å². The highest BCUT2D eigenvalue weighted by Gasteiger charge is 2.10. The molecule has 2 aliphatic rings. The molecule has 4 heteroatoms. The molecule has 0 aromatic heterocycles. The van der Waals surface area contributed by atoms with Crippen molar-refractivity contribution in [1.29, 1.82) is 0 Å². The van der Waals surface area contributed by atoms with Crippen LogP contribution < -0.4 is 4.72 Å². The molecule has 2 nitrogen and oxygen atoms in total. The number of nitrogens with zero attached hydrogens (tertiary/aromatic N) is 1. The quantitative estimate of drug-likeness (QED) is 0.626. The first kappa shape index (κ1) is 7.31. The third-order valence-corrected chi connectivity index (χ3v) is 3.08. The van der Waals surface area contributed by atoms with Crippen LogP contribution >= 0.6 is 23.7 Å². The fraction of sp³-hybridized carbons (Fsp3) is 0.143. The van der Waals surface area contributed by atoms with Crippen LogP contribution in [0.15, 0.2) is 27.7 Å². The van der Waals surface area contributed by atoms with Gasteiger partial charge in [-0.15, -0.1) is 11.8 Å². The fourth-order valence-corrected chi connectivity index (χ4v) is 2.34. The van der Waals surface area contributed by atoms with Crippen molar-refractivity contribution < 1.29 is 0 Å². The van der Waals surface area contributed by atoms with Crippen LogP contribution in [0.2, 0.25) is 0 Å². The molecule has 0 unspecified atom stereocenters. The monoisotopic (exact) mass is 182 g/mol. The summed E-state index contributed by atoms with van der Waals surface area (Å²) in [5.74, 6) is 0. The maximum Gasteiger partial charge on any atom is 0.152 e. The van der Waals surface area contributed by atoms with Crippen LogP contribution in [-0.2, 0) is 0 Å². The second-order valence-electron chi connectivity index (χ2n) is 2.03. The molecule has 11 heavy (non-hydrogen) atoms. The standard InChI is InChI=1S/C7H6N2S2/c1-2-8-3-6(1)7-4-10-5-11-9-7/h1-2,4,9H,5H2. The zero-order chi connectivity index (χ0) is 7.52. The van der Waals surface area contributed by atoms with Gasteiger partial charge in [0.1, 0.15) is 0 Å². The Morgan fingerprint density at radius 2 is 2.64 bits per heavy atom. The van der Waals surface area contributed by atoms with Gasteiger partial charge in [0, 0.05) is 11.8 Å². The molecule has 0 spiro atoms. The van der Waals surface area contributed by atoms with Gasteiger partial charge < -0.3 is 4.72 Å². The number of rotatable bonds is 1. The Balaban J connectivity index is 2.09. The third-order valence-electron chi connectivity index (χ3n) is 1.30. The lowest BCUT2D eigenvalue weighted by Crippen LogP contribution is -2.08. The number of nitrogens with one attached hydrogen (secondary N) is 1. The Morgan fingerprint density at radius 3 is 3.27 bits per heavy atom. The predicted molar refractivity (Wildman–Crippen MR) is 51.1 cm³/mol. The molecule has 1 N–H and O–H groups in total. The molecule has 0 saturated carbocycles. The molecule has 2 aliphatic heterocycles. The number of hydrogen-bond donors (Lipinski definition) is 1. The highest BCUT2D eigenvalue weighted by molar-refractivity contribution is 8.17. The Kier molecular flexibility index (Phi) is 2.23. The van der Waals surface area contributed by atoms with Crippen LogP contribution in [0, 0.1) is 6.54 Å². The summed E-state index contributed by atoms with van der Waals surface area (Å²) in [6, 6.07) is 0. The van der Waals surface area contributed by atoms with Crippen molar-refractivity contribution >= 4 is 29.9 Å². The molecule has 2 heterocycles. The van der Waals surface area contributed by atoms with Gasteiger partial charge in [-0.2, -0.15) is 0 Å². The van der Waals surface area contributed by atoms with E-state index in [1.807, 2.05) is 6.08 Å². The molecule has 0 bridgehead atoms. The van der Waals surface area contributed by atoms with Crippen molar-refractivity contribution in [2.75, 3.05) is 5.08 Å². The van der Waals surface area contributed by atoms with Crippen LogP contribution in [0.5, 0.6) is 0 Å². The molecule has 0 atom stereocenters. The lowest BCUT2D eigenvalue weighted by atomic mass is 10.2. The molecule has 0 aromatic carbocycles. The first-order valence-electron chi connectivity index (χ1n) is 3.16. The maximum atomic E-state index is 3.87. The lowest BCUT2D eigenvalue weighted by Gasteiger charge is -2.13. The Bertz CT molecular complexity index is 243. The number of hydrogen-bond acceptors (Lipinski definition) is 4. The summed E-state index contributed by atoms with van der Waals surface area (Å²) in [5.41, 5.74) is 2.16. The second kappa shape index (κ2) is 3.36. The van der Waals surface area contributed by atoms with Crippen molar-refractivity contribution in [3.05, 3.63) is 29.3 Å². The smallest absolute Gasteiger partial charge is 0.152 e. The van der Waals surface area contributed by atoms with E-state index in [9.17, 15) is 0 Å². The van der Waals surface area contributed by atoms with Crippen LogP contribution in [0.3, 0.4) is 0 Å². The molecule has 0 aromatic rings. The Hall–Kier alpha value is -0.350. The van der Waals surface area contributed by atoms with Gasteiger partial charge in [0.05, 0.1) is 10.8 Å². The van der Waals surface area contributed by atoms with Gasteiger partial charge in [-0.05, 0) is 23.4 Å². The summed E-state index contributed by atoms with van der Waals surface area (Å²) in [6.45, 7) is 2.90. The molecule has 0 aliphatic carbocycles. The van der Waals surface area contributed by atoms with Gasteiger partial charge in [-0.25, -0.2) is 0 Å². The van der Waals surface area contributed by atoms with E-state index in [0.29, 0.717) is 0 Å². The summed E-state index contributed by atoms with van der Waals surface area (Å²) in [4.78, 5) is 3.87. The number of allylic oxidation sites excluding steroid dienone is 1. The van der Waals surface area contributed by atoms with Crippen LogP contribution in [-0.4, -0.2) is 11.3 Å². The SMILES string of the molecule is [C]1N=CC=C1C1=CSCSN1. The first-order chi connectivity index (χ1) is 5.47. The minimum atomic E-state index is 1.05. The van der Waals surface area contributed by atoms with Crippen molar-refractivity contribution in [2.24, 2.45) is 4.99 Å². The van der Waals surface area contributed by atoms with Gasteiger partial charge in [0.25, 0.3) is 0 Å². The summed E-state index contributed by atoms with van der Waals surface area (Å²) < 4.78 is 3.21. The zero-order valence-electron chi connectivity index (χ0n) is 5.70. The summed E-state index contributed by atoms with van der Waals surface area (Å²) in [6.07, 6.45) is 3.70. The van der Waals surface area contributed by atoms with Crippen molar-refractivity contribution in [2.45, 2.75) is 0 Å². The molecule has 0 amide bonds. The van der Waals surface area contributed by atoms with Gasteiger partial charge in [-0.3, -0.25) is 4.99 Å². The maximum absolute atomic E-state index is 3.87. The third kappa shape index (κ3) is 1.62.